The van der Waals surface area contributed by atoms with Gasteiger partial charge in [0.2, 0.25) is 0 Å². The molecule has 2 aromatic rings. The Morgan fingerprint density at radius 3 is 2.65 bits per heavy atom. The van der Waals surface area contributed by atoms with E-state index in [4.69, 9.17) is 10.5 Å². The van der Waals surface area contributed by atoms with Crippen molar-refractivity contribution in [1.82, 2.24) is 4.90 Å². The number of amides is 1. The number of fused-ring (bicyclic) bond motifs is 1. The number of carbonyl (C=O) groups is 1. The van der Waals surface area contributed by atoms with E-state index < -0.39 is 6.10 Å². The molecule has 4 nitrogen and oxygen atoms in total. The first kappa shape index (κ1) is 15.7. The van der Waals surface area contributed by atoms with Crippen LogP contribution >= 0.6 is 0 Å². The number of hydrogen-bond acceptors (Lipinski definition) is 3. The first-order chi connectivity index (χ1) is 11.3. The molecule has 0 aromatic heterocycles. The van der Waals surface area contributed by atoms with Gasteiger partial charge in [-0.15, -0.1) is 0 Å². The standard InChI is InChI=1S/C19H22N2O2/c20-11-12-21(14-15-6-2-1-3-7-15)19(22)18-17-9-5-4-8-16(17)10-13-23-18/h1-9,18H,10-14,20H2. The minimum absolute atomic E-state index is 0.00791. The number of nitrogens with zero attached hydrogens (tertiary/aromatic N) is 1. The van der Waals surface area contributed by atoms with Crippen molar-refractivity contribution in [2.75, 3.05) is 19.7 Å². The molecule has 0 fully saturated rings. The van der Waals surface area contributed by atoms with Crippen LogP contribution in [-0.4, -0.2) is 30.5 Å². The highest BCUT2D eigenvalue weighted by atomic mass is 16.5. The van der Waals surface area contributed by atoms with Gasteiger partial charge in [0.15, 0.2) is 6.10 Å². The van der Waals surface area contributed by atoms with Crippen LogP contribution in [0.25, 0.3) is 0 Å². The van der Waals surface area contributed by atoms with E-state index in [0.29, 0.717) is 26.2 Å². The van der Waals surface area contributed by atoms with Crippen molar-refractivity contribution in [3.63, 3.8) is 0 Å². The zero-order valence-corrected chi connectivity index (χ0v) is 13.2. The second-order valence-electron chi connectivity index (χ2n) is 5.73. The molecular weight excluding hydrogens is 288 g/mol. The van der Waals surface area contributed by atoms with Crippen molar-refractivity contribution in [2.24, 2.45) is 5.73 Å². The number of nitrogens with two attached hydrogens (primary N) is 1. The molecule has 0 saturated carbocycles. The van der Waals surface area contributed by atoms with Crippen LogP contribution in [0.1, 0.15) is 22.8 Å². The topological polar surface area (TPSA) is 55.6 Å². The average molecular weight is 310 g/mol. The van der Waals surface area contributed by atoms with Crippen molar-refractivity contribution >= 4 is 5.91 Å². The molecule has 0 spiro atoms. The van der Waals surface area contributed by atoms with E-state index in [-0.39, 0.29) is 5.91 Å². The van der Waals surface area contributed by atoms with Crippen LogP contribution in [0.15, 0.2) is 54.6 Å². The lowest BCUT2D eigenvalue weighted by atomic mass is 9.96. The van der Waals surface area contributed by atoms with Gasteiger partial charge in [-0.3, -0.25) is 4.79 Å². The third kappa shape index (κ3) is 3.60. The van der Waals surface area contributed by atoms with Crippen LogP contribution in [0.5, 0.6) is 0 Å². The molecular formula is C19H22N2O2. The van der Waals surface area contributed by atoms with E-state index in [1.165, 1.54) is 5.56 Å². The third-order valence-electron chi connectivity index (χ3n) is 4.14. The number of benzene rings is 2. The van der Waals surface area contributed by atoms with Crippen molar-refractivity contribution < 1.29 is 9.53 Å². The van der Waals surface area contributed by atoms with Gasteiger partial charge in [0.05, 0.1) is 6.61 Å². The zero-order chi connectivity index (χ0) is 16.1. The molecule has 4 heteroatoms. The Hall–Kier alpha value is -2.17. The maximum absolute atomic E-state index is 13.0. The second kappa shape index (κ2) is 7.40. The first-order valence-electron chi connectivity index (χ1n) is 8.02. The van der Waals surface area contributed by atoms with E-state index >= 15 is 0 Å². The molecule has 3 rings (SSSR count). The molecule has 23 heavy (non-hydrogen) atoms. The van der Waals surface area contributed by atoms with Crippen LogP contribution in [-0.2, 0) is 22.5 Å². The lowest BCUT2D eigenvalue weighted by Gasteiger charge is -2.31. The van der Waals surface area contributed by atoms with Crippen LogP contribution < -0.4 is 5.73 Å². The Labute approximate surface area is 136 Å². The molecule has 1 amide bonds. The van der Waals surface area contributed by atoms with Crippen molar-refractivity contribution in [3.8, 4) is 0 Å². The van der Waals surface area contributed by atoms with Gasteiger partial charge < -0.3 is 15.4 Å². The highest BCUT2D eigenvalue weighted by Crippen LogP contribution is 2.29. The SMILES string of the molecule is NCCN(Cc1ccccc1)C(=O)C1OCCc2ccccc21. The van der Waals surface area contributed by atoms with E-state index in [1.54, 1.807) is 4.90 Å². The van der Waals surface area contributed by atoms with Crippen LogP contribution in [0, 0.1) is 0 Å². The van der Waals surface area contributed by atoms with Gasteiger partial charge >= 0.3 is 0 Å². The average Bonchev–Trinajstić information content (AvgIpc) is 2.61. The van der Waals surface area contributed by atoms with Crippen LogP contribution in [0.2, 0.25) is 0 Å². The lowest BCUT2D eigenvalue weighted by molar-refractivity contribution is -0.145. The van der Waals surface area contributed by atoms with Crippen LogP contribution in [0.4, 0.5) is 0 Å². The lowest BCUT2D eigenvalue weighted by Crippen LogP contribution is -2.40. The summed E-state index contributed by atoms with van der Waals surface area (Å²) < 4.78 is 5.80. The van der Waals surface area contributed by atoms with Gasteiger partial charge in [-0.05, 0) is 23.1 Å². The smallest absolute Gasteiger partial charge is 0.256 e. The number of ether oxygens (including phenoxy) is 1. The van der Waals surface area contributed by atoms with Crippen LogP contribution in [0.3, 0.4) is 0 Å². The zero-order valence-electron chi connectivity index (χ0n) is 13.2. The highest BCUT2D eigenvalue weighted by Gasteiger charge is 2.30. The fourth-order valence-corrected chi connectivity index (χ4v) is 2.99. The monoisotopic (exact) mass is 310 g/mol. The fourth-order valence-electron chi connectivity index (χ4n) is 2.99. The third-order valence-corrected chi connectivity index (χ3v) is 4.14. The molecule has 1 heterocycles. The summed E-state index contributed by atoms with van der Waals surface area (Å²) in [7, 11) is 0. The molecule has 1 atom stereocenters. The Kier molecular flexibility index (Phi) is 5.05. The molecule has 0 bridgehead atoms. The summed E-state index contributed by atoms with van der Waals surface area (Å²) >= 11 is 0. The van der Waals surface area contributed by atoms with Crippen molar-refractivity contribution in [3.05, 3.63) is 71.3 Å². The van der Waals surface area contributed by atoms with Gasteiger partial charge in [0, 0.05) is 19.6 Å². The molecule has 0 radical (unpaired) electrons. The van der Waals surface area contributed by atoms with E-state index in [0.717, 1.165) is 17.5 Å². The predicted octanol–water partition coefficient (Wildman–Crippen LogP) is 2.29. The summed E-state index contributed by atoms with van der Waals surface area (Å²) in [5.74, 6) is -0.00791. The maximum atomic E-state index is 13.0. The van der Waals surface area contributed by atoms with Crippen molar-refractivity contribution in [1.29, 1.82) is 0 Å². The molecule has 120 valence electrons. The molecule has 2 aromatic carbocycles. The number of hydrogen-bond donors (Lipinski definition) is 1. The van der Waals surface area contributed by atoms with Gasteiger partial charge in [-0.25, -0.2) is 0 Å². The molecule has 0 aliphatic carbocycles. The minimum Gasteiger partial charge on any atom is -0.363 e. The summed E-state index contributed by atoms with van der Waals surface area (Å²) in [6, 6.07) is 18.0. The maximum Gasteiger partial charge on any atom is 0.256 e. The van der Waals surface area contributed by atoms with Gasteiger partial charge in [-0.1, -0.05) is 54.6 Å². The fraction of sp³-hybridized carbons (Fsp3) is 0.316. The van der Waals surface area contributed by atoms with E-state index in [9.17, 15) is 4.79 Å². The quantitative estimate of drug-likeness (QED) is 0.922. The largest absolute Gasteiger partial charge is 0.363 e. The Morgan fingerprint density at radius 2 is 1.87 bits per heavy atom. The molecule has 0 saturated heterocycles. The van der Waals surface area contributed by atoms with Crippen molar-refractivity contribution in [2.45, 2.75) is 19.1 Å². The Morgan fingerprint density at radius 1 is 1.13 bits per heavy atom. The minimum atomic E-state index is -0.518. The molecule has 2 N–H and O–H groups in total. The van der Waals surface area contributed by atoms with Gasteiger partial charge in [0.25, 0.3) is 5.91 Å². The Bertz CT molecular complexity index is 657. The summed E-state index contributed by atoms with van der Waals surface area (Å²) in [4.78, 5) is 14.8. The second-order valence-corrected chi connectivity index (χ2v) is 5.73. The molecule has 1 aliphatic heterocycles. The molecule has 1 unspecified atom stereocenters. The first-order valence-corrected chi connectivity index (χ1v) is 8.02. The van der Waals surface area contributed by atoms with E-state index in [2.05, 4.69) is 6.07 Å². The summed E-state index contributed by atoms with van der Waals surface area (Å²) in [5.41, 5.74) is 8.99. The summed E-state index contributed by atoms with van der Waals surface area (Å²) in [5, 5.41) is 0. The Balaban J connectivity index is 1.82. The predicted molar refractivity (Wildman–Crippen MR) is 89.8 cm³/mol. The number of rotatable bonds is 5. The van der Waals surface area contributed by atoms with E-state index in [1.807, 2.05) is 48.5 Å². The highest BCUT2D eigenvalue weighted by molar-refractivity contribution is 5.83. The summed E-state index contributed by atoms with van der Waals surface area (Å²) in [6.07, 6.45) is 0.338. The normalized spacial score (nSPS) is 16.7. The number of carbonyl (C=O) groups excluding carboxylic acids is 1. The molecule has 1 aliphatic rings. The summed E-state index contributed by atoms with van der Waals surface area (Å²) in [6.45, 7) is 2.09. The van der Waals surface area contributed by atoms with Gasteiger partial charge in [0.1, 0.15) is 0 Å². The van der Waals surface area contributed by atoms with Gasteiger partial charge in [-0.2, -0.15) is 0 Å².